The first-order valence-corrected chi connectivity index (χ1v) is 5.40. The second-order valence-electron chi connectivity index (χ2n) is 2.76. The molecule has 0 atom stereocenters. The molecule has 0 bridgehead atoms. The van der Waals surface area contributed by atoms with Gasteiger partial charge in [-0.3, -0.25) is 4.68 Å². The monoisotopic (exact) mass is 250 g/mol. The molecule has 0 spiro atoms. The zero-order chi connectivity index (χ0) is 9.14. The predicted molar refractivity (Wildman–Crippen MR) is 55.1 cm³/mol. The lowest BCUT2D eigenvalue weighted by molar-refractivity contribution is 0.694. The van der Waals surface area contributed by atoms with E-state index in [1.165, 1.54) is 0 Å². The second-order valence-corrected chi connectivity index (χ2v) is 3.93. The summed E-state index contributed by atoms with van der Waals surface area (Å²) in [4.78, 5) is 0. The van der Waals surface area contributed by atoms with Crippen LogP contribution in [0.4, 0.5) is 0 Å². The van der Waals surface area contributed by atoms with E-state index in [9.17, 15) is 0 Å². The van der Waals surface area contributed by atoms with Gasteiger partial charge in [-0.2, -0.15) is 5.10 Å². The highest BCUT2D eigenvalue weighted by molar-refractivity contribution is 9.09. The van der Waals surface area contributed by atoms with Gasteiger partial charge in [0.1, 0.15) is 0 Å². The highest BCUT2D eigenvalue weighted by atomic mass is 79.9. The standard InChI is InChI=1S/C8H12BrClN2/c1-6-8(10)7(4-3-5-9)12(2)11-6/h3-5H2,1-2H3. The average Bonchev–Trinajstić information content (AvgIpc) is 2.25. The van der Waals surface area contributed by atoms with Crippen LogP contribution in [0.5, 0.6) is 0 Å². The van der Waals surface area contributed by atoms with E-state index in [2.05, 4.69) is 21.0 Å². The number of hydrogen-bond donors (Lipinski definition) is 0. The van der Waals surface area contributed by atoms with Crippen LogP contribution in [0.3, 0.4) is 0 Å². The summed E-state index contributed by atoms with van der Waals surface area (Å²) in [5.74, 6) is 0. The Bertz CT molecular complexity index is 270. The van der Waals surface area contributed by atoms with Gasteiger partial charge in [0.15, 0.2) is 0 Å². The molecule has 68 valence electrons. The van der Waals surface area contributed by atoms with Crippen molar-refractivity contribution in [3.8, 4) is 0 Å². The molecule has 4 heteroatoms. The molecule has 0 aromatic carbocycles. The van der Waals surface area contributed by atoms with E-state index in [1.54, 1.807) is 0 Å². The number of halogens is 2. The smallest absolute Gasteiger partial charge is 0.0846 e. The van der Waals surface area contributed by atoms with Crippen molar-refractivity contribution in [3.63, 3.8) is 0 Å². The van der Waals surface area contributed by atoms with Crippen molar-refractivity contribution in [2.75, 3.05) is 5.33 Å². The fourth-order valence-electron chi connectivity index (χ4n) is 1.19. The van der Waals surface area contributed by atoms with Crippen molar-refractivity contribution < 1.29 is 0 Å². The fraction of sp³-hybridized carbons (Fsp3) is 0.625. The summed E-state index contributed by atoms with van der Waals surface area (Å²) in [7, 11) is 1.93. The number of rotatable bonds is 3. The Kier molecular flexibility index (Phi) is 3.59. The largest absolute Gasteiger partial charge is 0.271 e. The number of aryl methyl sites for hydroxylation is 2. The Balaban J connectivity index is 2.82. The summed E-state index contributed by atoms with van der Waals surface area (Å²) in [6.07, 6.45) is 2.08. The van der Waals surface area contributed by atoms with Crippen molar-refractivity contribution in [3.05, 3.63) is 16.4 Å². The van der Waals surface area contributed by atoms with Crippen LogP contribution in [0, 0.1) is 6.92 Å². The van der Waals surface area contributed by atoms with E-state index in [0.717, 1.165) is 34.6 Å². The zero-order valence-electron chi connectivity index (χ0n) is 7.27. The minimum atomic E-state index is 0.818. The maximum atomic E-state index is 6.05. The van der Waals surface area contributed by atoms with Gasteiger partial charge in [0.05, 0.1) is 16.4 Å². The molecule has 0 N–H and O–H groups in total. The van der Waals surface area contributed by atoms with Crippen LogP contribution in [0.1, 0.15) is 17.8 Å². The van der Waals surface area contributed by atoms with Crippen LogP contribution in [0.15, 0.2) is 0 Å². The van der Waals surface area contributed by atoms with Gasteiger partial charge in [-0.25, -0.2) is 0 Å². The van der Waals surface area contributed by atoms with Gasteiger partial charge < -0.3 is 0 Å². The molecule has 0 aliphatic rings. The summed E-state index contributed by atoms with van der Waals surface area (Å²) in [5, 5.41) is 6.06. The van der Waals surface area contributed by atoms with Crippen molar-refractivity contribution in [2.45, 2.75) is 19.8 Å². The third-order valence-corrected chi connectivity index (χ3v) is 2.86. The molecule has 2 nitrogen and oxygen atoms in total. The molecule has 1 heterocycles. The molecule has 0 aliphatic carbocycles. The molecular weight excluding hydrogens is 239 g/mol. The first-order chi connectivity index (χ1) is 5.66. The van der Waals surface area contributed by atoms with Crippen LogP contribution in [0.2, 0.25) is 5.02 Å². The van der Waals surface area contributed by atoms with E-state index in [-0.39, 0.29) is 0 Å². The number of nitrogens with zero attached hydrogens (tertiary/aromatic N) is 2. The van der Waals surface area contributed by atoms with Gasteiger partial charge in [0.2, 0.25) is 0 Å². The van der Waals surface area contributed by atoms with Crippen molar-refractivity contribution >= 4 is 27.5 Å². The Labute approximate surface area is 86.0 Å². The van der Waals surface area contributed by atoms with E-state index in [0.29, 0.717) is 0 Å². The predicted octanol–water partition coefficient (Wildman–Crippen LogP) is 2.71. The second kappa shape index (κ2) is 4.28. The van der Waals surface area contributed by atoms with Gasteiger partial charge in [0.25, 0.3) is 0 Å². The van der Waals surface area contributed by atoms with Crippen LogP contribution in [-0.2, 0) is 13.5 Å². The van der Waals surface area contributed by atoms with E-state index < -0.39 is 0 Å². The van der Waals surface area contributed by atoms with Gasteiger partial charge in [-0.15, -0.1) is 0 Å². The SMILES string of the molecule is Cc1nn(C)c(CCCBr)c1Cl. The third-order valence-electron chi connectivity index (χ3n) is 1.81. The highest BCUT2D eigenvalue weighted by Gasteiger charge is 2.09. The first-order valence-electron chi connectivity index (χ1n) is 3.90. The van der Waals surface area contributed by atoms with E-state index in [4.69, 9.17) is 11.6 Å². The first kappa shape index (κ1) is 10.1. The normalized spacial score (nSPS) is 10.7. The molecule has 0 fully saturated rings. The molecule has 0 aliphatic heterocycles. The summed E-state index contributed by atoms with van der Waals surface area (Å²) in [6.45, 7) is 1.93. The van der Waals surface area contributed by atoms with E-state index in [1.807, 2.05) is 18.7 Å². The molecule has 1 rings (SSSR count). The van der Waals surface area contributed by atoms with Crippen molar-refractivity contribution in [2.24, 2.45) is 7.05 Å². The van der Waals surface area contributed by atoms with Crippen molar-refractivity contribution in [1.29, 1.82) is 0 Å². The highest BCUT2D eigenvalue weighted by Crippen LogP contribution is 2.20. The molecule has 0 unspecified atom stereocenters. The minimum absolute atomic E-state index is 0.818. The van der Waals surface area contributed by atoms with Crippen LogP contribution in [-0.4, -0.2) is 15.1 Å². The Morgan fingerprint density at radius 1 is 1.58 bits per heavy atom. The maximum Gasteiger partial charge on any atom is 0.0846 e. The third kappa shape index (κ3) is 2.02. The lowest BCUT2D eigenvalue weighted by atomic mass is 10.2. The molecule has 0 amide bonds. The molecular formula is C8H12BrClN2. The molecule has 1 aromatic heterocycles. The summed E-state index contributed by atoms with van der Waals surface area (Å²) < 4.78 is 1.86. The van der Waals surface area contributed by atoms with Gasteiger partial charge >= 0.3 is 0 Å². The van der Waals surface area contributed by atoms with Gasteiger partial charge in [-0.1, -0.05) is 27.5 Å². The lowest BCUT2D eigenvalue weighted by Gasteiger charge is -1.99. The van der Waals surface area contributed by atoms with Crippen LogP contribution in [0.25, 0.3) is 0 Å². The topological polar surface area (TPSA) is 17.8 Å². The maximum absolute atomic E-state index is 6.05. The molecule has 1 aromatic rings. The van der Waals surface area contributed by atoms with Crippen LogP contribution >= 0.6 is 27.5 Å². The fourth-order valence-corrected chi connectivity index (χ4v) is 1.72. The number of hydrogen-bond acceptors (Lipinski definition) is 1. The quantitative estimate of drug-likeness (QED) is 0.755. The lowest BCUT2D eigenvalue weighted by Crippen LogP contribution is -1.98. The number of alkyl halides is 1. The summed E-state index contributed by atoms with van der Waals surface area (Å²) >= 11 is 9.44. The molecule has 0 radical (unpaired) electrons. The molecule has 12 heavy (non-hydrogen) atoms. The molecule has 0 saturated carbocycles. The number of aromatic nitrogens is 2. The Hall–Kier alpha value is -0.0200. The Morgan fingerprint density at radius 2 is 2.25 bits per heavy atom. The summed E-state index contributed by atoms with van der Waals surface area (Å²) in [5.41, 5.74) is 2.05. The van der Waals surface area contributed by atoms with E-state index >= 15 is 0 Å². The van der Waals surface area contributed by atoms with Crippen molar-refractivity contribution in [1.82, 2.24) is 9.78 Å². The zero-order valence-corrected chi connectivity index (χ0v) is 9.61. The van der Waals surface area contributed by atoms with Crippen LogP contribution < -0.4 is 0 Å². The average molecular weight is 252 g/mol. The van der Waals surface area contributed by atoms with Gasteiger partial charge in [0, 0.05) is 12.4 Å². The Morgan fingerprint density at radius 3 is 2.67 bits per heavy atom. The minimum Gasteiger partial charge on any atom is -0.271 e. The van der Waals surface area contributed by atoms with Gasteiger partial charge in [-0.05, 0) is 19.8 Å². The molecule has 0 saturated heterocycles. The summed E-state index contributed by atoms with van der Waals surface area (Å²) in [6, 6.07) is 0.